The van der Waals surface area contributed by atoms with Gasteiger partial charge in [-0.2, -0.15) is 0 Å². The van der Waals surface area contributed by atoms with Crippen molar-refractivity contribution in [1.82, 2.24) is 14.9 Å². The van der Waals surface area contributed by atoms with Crippen LogP contribution in [0.2, 0.25) is 0 Å². The average Bonchev–Trinajstić information content (AvgIpc) is 2.70. The quantitative estimate of drug-likeness (QED) is 0.922. The molecule has 19 heavy (non-hydrogen) atoms. The molecule has 0 saturated heterocycles. The normalized spacial score (nSPS) is 13.4. The van der Waals surface area contributed by atoms with Crippen LogP contribution in [0.15, 0.2) is 33.9 Å². The monoisotopic (exact) mass is 281 g/mol. The first kappa shape index (κ1) is 13.7. The Kier molecular flexibility index (Phi) is 3.68. The molecule has 0 fully saturated rings. The molecule has 0 aliphatic rings. The highest BCUT2D eigenvalue weighted by molar-refractivity contribution is 7.89. The minimum atomic E-state index is -3.65. The summed E-state index contributed by atoms with van der Waals surface area (Å²) in [4.78, 5) is 4.01. The van der Waals surface area contributed by atoms with Crippen LogP contribution in [0.5, 0.6) is 0 Å². The third kappa shape index (κ3) is 2.82. The summed E-state index contributed by atoms with van der Waals surface area (Å²) >= 11 is 0. The van der Waals surface area contributed by atoms with E-state index in [-0.39, 0.29) is 16.7 Å². The first-order valence-corrected chi connectivity index (χ1v) is 7.25. The van der Waals surface area contributed by atoms with E-state index in [1.165, 1.54) is 0 Å². The van der Waals surface area contributed by atoms with E-state index in [0.717, 1.165) is 5.56 Å². The second-order valence-electron chi connectivity index (χ2n) is 4.28. The minimum Gasteiger partial charge on any atom is -0.360 e. The van der Waals surface area contributed by atoms with Gasteiger partial charge in [0.25, 0.3) is 0 Å². The fourth-order valence-electron chi connectivity index (χ4n) is 1.87. The molecule has 0 radical (unpaired) electrons. The predicted octanol–water partition coefficient (Wildman–Crippen LogP) is 1.73. The van der Waals surface area contributed by atoms with Crippen molar-refractivity contribution in [2.75, 3.05) is 0 Å². The zero-order valence-corrected chi connectivity index (χ0v) is 11.7. The predicted molar refractivity (Wildman–Crippen MR) is 69.0 cm³/mol. The summed E-state index contributed by atoms with van der Waals surface area (Å²) < 4.78 is 32.1. The number of pyridine rings is 1. The Labute approximate surface area is 111 Å². The lowest BCUT2D eigenvalue weighted by Crippen LogP contribution is -2.27. The Hall–Kier alpha value is -1.73. The molecule has 0 aliphatic heterocycles. The smallest absolute Gasteiger partial charge is 0.246 e. The van der Waals surface area contributed by atoms with Crippen molar-refractivity contribution in [3.05, 3.63) is 41.5 Å². The Morgan fingerprint density at radius 2 is 1.89 bits per heavy atom. The molecule has 6 nitrogen and oxygen atoms in total. The molecule has 2 aromatic rings. The van der Waals surface area contributed by atoms with E-state index in [0.29, 0.717) is 5.69 Å². The number of aryl methyl sites for hydroxylation is 2. The van der Waals surface area contributed by atoms with Gasteiger partial charge in [0.05, 0.1) is 0 Å². The van der Waals surface area contributed by atoms with Crippen LogP contribution < -0.4 is 4.72 Å². The maximum atomic E-state index is 12.3. The van der Waals surface area contributed by atoms with Crippen LogP contribution >= 0.6 is 0 Å². The molecule has 0 saturated carbocycles. The highest BCUT2D eigenvalue weighted by atomic mass is 32.2. The van der Waals surface area contributed by atoms with Crippen molar-refractivity contribution in [3.63, 3.8) is 0 Å². The van der Waals surface area contributed by atoms with Crippen LogP contribution in [0.1, 0.15) is 30.0 Å². The zero-order valence-electron chi connectivity index (χ0n) is 10.9. The molecule has 0 amide bonds. The molecular formula is C12H15N3O3S. The van der Waals surface area contributed by atoms with E-state index in [1.807, 2.05) is 0 Å². The van der Waals surface area contributed by atoms with E-state index in [4.69, 9.17) is 4.52 Å². The molecule has 7 heteroatoms. The molecule has 2 rings (SSSR count). The largest absolute Gasteiger partial charge is 0.360 e. The van der Waals surface area contributed by atoms with Gasteiger partial charge in [0.15, 0.2) is 5.76 Å². The molecule has 0 bridgehead atoms. The van der Waals surface area contributed by atoms with E-state index in [9.17, 15) is 8.42 Å². The lowest BCUT2D eigenvalue weighted by atomic mass is 10.1. The molecule has 102 valence electrons. The SMILES string of the molecule is Cc1noc(C)c1S(=O)(=O)NC(C)c1ccncc1. The van der Waals surface area contributed by atoms with Crippen molar-refractivity contribution >= 4 is 10.0 Å². The summed E-state index contributed by atoms with van der Waals surface area (Å²) in [5.41, 5.74) is 1.19. The Morgan fingerprint density at radius 1 is 1.26 bits per heavy atom. The lowest BCUT2D eigenvalue weighted by molar-refractivity contribution is 0.390. The van der Waals surface area contributed by atoms with Crippen molar-refractivity contribution in [2.24, 2.45) is 0 Å². The number of aromatic nitrogens is 2. The number of hydrogen-bond donors (Lipinski definition) is 1. The summed E-state index contributed by atoms with van der Waals surface area (Å²) in [6.07, 6.45) is 3.24. The molecule has 1 unspecified atom stereocenters. The number of nitrogens with zero attached hydrogens (tertiary/aromatic N) is 2. The van der Waals surface area contributed by atoms with Gasteiger partial charge in [0.1, 0.15) is 10.6 Å². The van der Waals surface area contributed by atoms with Crippen LogP contribution in [-0.4, -0.2) is 18.6 Å². The van der Waals surface area contributed by atoms with Crippen molar-refractivity contribution in [2.45, 2.75) is 31.7 Å². The minimum absolute atomic E-state index is 0.105. The highest BCUT2D eigenvalue weighted by Gasteiger charge is 2.26. The molecule has 0 aliphatic carbocycles. The van der Waals surface area contributed by atoms with Crippen LogP contribution in [0.25, 0.3) is 0 Å². The topological polar surface area (TPSA) is 85.1 Å². The van der Waals surface area contributed by atoms with Gasteiger partial charge in [0.2, 0.25) is 10.0 Å². The molecule has 1 N–H and O–H groups in total. The molecule has 2 aromatic heterocycles. The maximum Gasteiger partial charge on any atom is 0.246 e. The van der Waals surface area contributed by atoms with Gasteiger partial charge in [-0.25, -0.2) is 13.1 Å². The van der Waals surface area contributed by atoms with Crippen LogP contribution in [0.3, 0.4) is 0 Å². The van der Waals surface area contributed by atoms with Gasteiger partial charge in [0, 0.05) is 18.4 Å². The van der Waals surface area contributed by atoms with Gasteiger partial charge in [-0.15, -0.1) is 0 Å². The first-order chi connectivity index (χ1) is 8.92. The summed E-state index contributed by atoms with van der Waals surface area (Å²) in [6.45, 7) is 4.94. The van der Waals surface area contributed by atoms with Gasteiger partial charge in [-0.05, 0) is 38.5 Å². The molecule has 0 spiro atoms. The van der Waals surface area contributed by atoms with Crippen LogP contribution in [-0.2, 0) is 10.0 Å². The summed E-state index contributed by atoms with van der Waals surface area (Å²) in [6, 6.07) is 3.17. The Bertz CT molecular complexity index is 645. The zero-order chi connectivity index (χ0) is 14.0. The average molecular weight is 281 g/mol. The number of hydrogen-bond acceptors (Lipinski definition) is 5. The van der Waals surface area contributed by atoms with Gasteiger partial charge >= 0.3 is 0 Å². The second-order valence-corrected chi connectivity index (χ2v) is 5.93. The first-order valence-electron chi connectivity index (χ1n) is 5.77. The second kappa shape index (κ2) is 5.10. The van der Waals surface area contributed by atoms with E-state index in [1.54, 1.807) is 45.3 Å². The fourth-order valence-corrected chi connectivity index (χ4v) is 3.43. The molecular weight excluding hydrogens is 266 g/mol. The Balaban J connectivity index is 2.28. The van der Waals surface area contributed by atoms with Gasteiger partial charge < -0.3 is 4.52 Å². The third-order valence-electron chi connectivity index (χ3n) is 2.77. The fraction of sp³-hybridized carbons (Fsp3) is 0.333. The van der Waals surface area contributed by atoms with Crippen LogP contribution in [0.4, 0.5) is 0 Å². The van der Waals surface area contributed by atoms with Gasteiger partial charge in [-0.3, -0.25) is 4.98 Å². The molecule has 2 heterocycles. The maximum absolute atomic E-state index is 12.3. The summed E-state index contributed by atoms with van der Waals surface area (Å²) in [7, 11) is -3.65. The molecule has 1 atom stereocenters. The van der Waals surface area contributed by atoms with E-state index >= 15 is 0 Å². The third-order valence-corrected chi connectivity index (χ3v) is 4.56. The summed E-state index contributed by atoms with van der Waals surface area (Å²) in [5.74, 6) is 0.284. The number of rotatable bonds is 4. The number of sulfonamides is 1. The highest BCUT2D eigenvalue weighted by Crippen LogP contribution is 2.21. The van der Waals surface area contributed by atoms with Crippen molar-refractivity contribution in [3.8, 4) is 0 Å². The van der Waals surface area contributed by atoms with Crippen molar-refractivity contribution in [1.29, 1.82) is 0 Å². The van der Waals surface area contributed by atoms with E-state index < -0.39 is 10.0 Å². The lowest BCUT2D eigenvalue weighted by Gasteiger charge is -2.14. The van der Waals surface area contributed by atoms with Crippen LogP contribution in [0, 0.1) is 13.8 Å². The summed E-state index contributed by atoms with van der Waals surface area (Å²) in [5, 5.41) is 3.66. The number of nitrogens with one attached hydrogen (secondary N) is 1. The standard InChI is InChI=1S/C12H15N3O3S/c1-8(11-4-6-13-7-5-11)15-19(16,17)12-9(2)14-18-10(12)3/h4-8,15H,1-3H3. The van der Waals surface area contributed by atoms with Crippen molar-refractivity contribution < 1.29 is 12.9 Å². The Morgan fingerprint density at radius 3 is 2.42 bits per heavy atom. The van der Waals surface area contributed by atoms with Gasteiger partial charge in [-0.1, -0.05) is 5.16 Å². The molecule has 0 aromatic carbocycles. The van der Waals surface area contributed by atoms with E-state index in [2.05, 4.69) is 14.9 Å².